The molecule has 0 aromatic carbocycles. The molecule has 118 valence electrons. The summed E-state index contributed by atoms with van der Waals surface area (Å²) in [5.74, 6) is -0.182. The summed E-state index contributed by atoms with van der Waals surface area (Å²) in [4.78, 5) is 15.7. The van der Waals surface area contributed by atoms with Crippen LogP contribution >= 0.6 is 12.4 Å². The molecule has 2 rings (SSSR count). The van der Waals surface area contributed by atoms with Gasteiger partial charge in [0, 0.05) is 19.2 Å². The molecule has 1 aliphatic rings. The number of urea groups is 1. The number of nitrogens with zero attached hydrogens (tertiary/aromatic N) is 1. The molecular weight excluding hydrogens is 298 g/mol. The van der Waals surface area contributed by atoms with Crippen molar-refractivity contribution in [2.24, 2.45) is 5.92 Å². The van der Waals surface area contributed by atoms with E-state index in [-0.39, 0.29) is 18.3 Å². The van der Waals surface area contributed by atoms with E-state index in [0.29, 0.717) is 18.7 Å². The van der Waals surface area contributed by atoms with Crippen LogP contribution in [0.1, 0.15) is 6.42 Å². The molecular formula is C13H20ClN3O4. The van der Waals surface area contributed by atoms with Crippen molar-refractivity contribution in [3.63, 3.8) is 0 Å². The van der Waals surface area contributed by atoms with Gasteiger partial charge in [0.25, 0.3) is 0 Å². The Bertz CT molecular complexity index is 448. The van der Waals surface area contributed by atoms with Crippen molar-refractivity contribution in [1.29, 1.82) is 0 Å². The summed E-state index contributed by atoms with van der Waals surface area (Å²) in [6.45, 7) is 0.348. The Balaban J connectivity index is 0.00000220. The number of carbonyl (C=O) groups is 1. The first-order valence-corrected chi connectivity index (χ1v) is 6.44. The van der Waals surface area contributed by atoms with Gasteiger partial charge in [0.05, 0.1) is 30.6 Å². The molecule has 0 unspecified atom stereocenters. The summed E-state index contributed by atoms with van der Waals surface area (Å²) in [7, 11) is 1.54. The molecule has 1 saturated carbocycles. The third-order valence-corrected chi connectivity index (χ3v) is 3.42. The van der Waals surface area contributed by atoms with Crippen LogP contribution in [-0.2, 0) is 4.74 Å². The minimum Gasteiger partial charge on any atom is -0.390 e. The van der Waals surface area contributed by atoms with Gasteiger partial charge in [-0.15, -0.1) is 12.4 Å². The monoisotopic (exact) mass is 317 g/mol. The van der Waals surface area contributed by atoms with E-state index in [2.05, 4.69) is 15.6 Å². The zero-order valence-electron chi connectivity index (χ0n) is 11.6. The van der Waals surface area contributed by atoms with Crippen LogP contribution < -0.4 is 10.6 Å². The summed E-state index contributed by atoms with van der Waals surface area (Å²) in [5.41, 5.74) is 0.562. The van der Waals surface area contributed by atoms with Crippen LogP contribution in [0.2, 0.25) is 0 Å². The van der Waals surface area contributed by atoms with E-state index in [0.717, 1.165) is 0 Å². The Morgan fingerprint density at radius 3 is 2.86 bits per heavy atom. The number of anilines is 1. The normalized spacial score (nSPS) is 27.8. The van der Waals surface area contributed by atoms with Crippen molar-refractivity contribution in [2.75, 3.05) is 19.0 Å². The van der Waals surface area contributed by atoms with Gasteiger partial charge in [0.15, 0.2) is 0 Å². The number of hydrogen-bond acceptors (Lipinski definition) is 5. The molecule has 4 atom stereocenters. The Morgan fingerprint density at radius 1 is 1.48 bits per heavy atom. The highest BCUT2D eigenvalue weighted by molar-refractivity contribution is 5.89. The minimum atomic E-state index is -0.991. The summed E-state index contributed by atoms with van der Waals surface area (Å²) in [6.07, 6.45) is 1.72. The number of pyridine rings is 1. The largest absolute Gasteiger partial charge is 0.390 e. The quantitative estimate of drug-likeness (QED) is 0.643. The molecule has 0 radical (unpaired) electrons. The predicted molar refractivity (Wildman–Crippen MR) is 79.4 cm³/mol. The maximum Gasteiger partial charge on any atom is 0.319 e. The van der Waals surface area contributed by atoms with Gasteiger partial charge in [-0.2, -0.15) is 0 Å². The van der Waals surface area contributed by atoms with Gasteiger partial charge in [0.2, 0.25) is 0 Å². The minimum absolute atomic E-state index is 0. The number of hydrogen-bond donors (Lipinski definition) is 4. The van der Waals surface area contributed by atoms with Crippen LogP contribution in [0.15, 0.2) is 24.5 Å². The third-order valence-electron chi connectivity index (χ3n) is 3.42. The zero-order chi connectivity index (χ0) is 14.5. The second kappa shape index (κ2) is 8.14. The molecule has 7 nitrogen and oxygen atoms in total. The molecule has 0 bridgehead atoms. The molecule has 8 heteroatoms. The zero-order valence-corrected chi connectivity index (χ0v) is 12.4. The topological polar surface area (TPSA) is 104 Å². The smallest absolute Gasteiger partial charge is 0.319 e. The second-order valence-corrected chi connectivity index (χ2v) is 4.88. The molecule has 1 aromatic heterocycles. The number of methoxy groups -OCH3 is 1. The Hall–Kier alpha value is -1.41. The van der Waals surface area contributed by atoms with E-state index >= 15 is 0 Å². The molecule has 0 saturated heterocycles. The van der Waals surface area contributed by atoms with E-state index in [1.54, 1.807) is 18.3 Å². The lowest BCUT2D eigenvalue weighted by molar-refractivity contribution is -0.00487. The second-order valence-electron chi connectivity index (χ2n) is 4.88. The summed E-state index contributed by atoms with van der Waals surface area (Å²) in [5, 5.41) is 25.0. The van der Waals surface area contributed by atoms with Gasteiger partial charge in [-0.25, -0.2) is 4.79 Å². The maximum absolute atomic E-state index is 11.8. The summed E-state index contributed by atoms with van der Waals surface area (Å²) >= 11 is 0. The Morgan fingerprint density at radius 2 is 2.24 bits per heavy atom. The number of nitrogens with one attached hydrogen (secondary N) is 2. The molecule has 4 N–H and O–H groups in total. The predicted octanol–water partition coefficient (Wildman–Crippen LogP) is 0.382. The highest BCUT2D eigenvalue weighted by Gasteiger charge is 2.42. The Kier molecular flexibility index (Phi) is 6.83. The van der Waals surface area contributed by atoms with E-state index in [4.69, 9.17) is 4.74 Å². The molecule has 21 heavy (non-hydrogen) atoms. The van der Waals surface area contributed by atoms with Crippen molar-refractivity contribution >= 4 is 24.1 Å². The number of aromatic nitrogens is 1. The van der Waals surface area contributed by atoms with Gasteiger partial charge < -0.3 is 25.6 Å². The number of aliphatic hydroxyl groups is 2. The number of halogens is 1. The van der Waals surface area contributed by atoms with Crippen LogP contribution in [-0.4, -0.2) is 53.2 Å². The molecule has 1 aromatic rings. The van der Waals surface area contributed by atoms with Crippen LogP contribution in [0.5, 0.6) is 0 Å². The number of carbonyl (C=O) groups excluding carboxylic acids is 1. The van der Waals surface area contributed by atoms with Gasteiger partial charge in [-0.1, -0.05) is 0 Å². The summed E-state index contributed by atoms with van der Waals surface area (Å²) in [6, 6.07) is 2.48. The van der Waals surface area contributed by atoms with Crippen molar-refractivity contribution in [1.82, 2.24) is 10.3 Å². The SMILES string of the molecule is COC[C@H]1C[C@@H](NC(=O)Nc2cccnc2)[C@H](O)[C@@H]1O.Cl. The fourth-order valence-corrected chi connectivity index (χ4v) is 2.42. The number of amides is 2. The molecule has 1 aliphatic carbocycles. The van der Waals surface area contributed by atoms with E-state index < -0.39 is 24.3 Å². The average Bonchev–Trinajstić information content (AvgIpc) is 2.69. The van der Waals surface area contributed by atoms with Crippen molar-refractivity contribution in [2.45, 2.75) is 24.7 Å². The molecule has 0 spiro atoms. The standard InChI is InChI=1S/C13H19N3O4.ClH/c1-20-7-8-5-10(12(18)11(8)17)16-13(19)15-9-3-2-4-14-6-9;/h2-4,6,8,10-12,17-18H,5,7H2,1H3,(H2,15,16,19);1H/t8-,10-,11-,12+;/m1./s1. The highest BCUT2D eigenvalue weighted by Crippen LogP contribution is 2.27. The maximum atomic E-state index is 11.8. The van der Waals surface area contributed by atoms with Crippen LogP contribution in [0, 0.1) is 5.92 Å². The number of rotatable bonds is 4. The van der Waals surface area contributed by atoms with Gasteiger partial charge >= 0.3 is 6.03 Å². The lowest BCUT2D eigenvalue weighted by Gasteiger charge is -2.18. The fourth-order valence-electron chi connectivity index (χ4n) is 2.42. The fraction of sp³-hybridized carbons (Fsp3) is 0.538. The number of aliphatic hydroxyl groups excluding tert-OH is 2. The first kappa shape index (κ1) is 17.6. The van der Waals surface area contributed by atoms with Crippen LogP contribution in [0.3, 0.4) is 0 Å². The van der Waals surface area contributed by atoms with E-state index in [1.807, 2.05) is 0 Å². The van der Waals surface area contributed by atoms with Crippen LogP contribution in [0.25, 0.3) is 0 Å². The highest BCUT2D eigenvalue weighted by atomic mass is 35.5. The summed E-state index contributed by atoms with van der Waals surface area (Å²) < 4.78 is 4.99. The first-order chi connectivity index (χ1) is 9.61. The first-order valence-electron chi connectivity index (χ1n) is 6.44. The molecule has 0 aliphatic heterocycles. The molecule has 1 fully saturated rings. The van der Waals surface area contributed by atoms with E-state index in [9.17, 15) is 15.0 Å². The average molecular weight is 318 g/mol. The lowest BCUT2D eigenvalue weighted by atomic mass is 10.1. The molecule has 1 heterocycles. The Labute approximate surface area is 129 Å². The van der Waals surface area contributed by atoms with Gasteiger partial charge in [0.1, 0.15) is 6.10 Å². The van der Waals surface area contributed by atoms with Crippen molar-refractivity contribution in [3.8, 4) is 0 Å². The van der Waals surface area contributed by atoms with Crippen molar-refractivity contribution in [3.05, 3.63) is 24.5 Å². The van der Waals surface area contributed by atoms with Crippen LogP contribution in [0.4, 0.5) is 10.5 Å². The van der Waals surface area contributed by atoms with Crippen molar-refractivity contribution < 1.29 is 19.7 Å². The van der Waals surface area contributed by atoms with Gasteiger partial charge in [-0.3, -0.25) is 4.98 Å². The third kappa shape index (κ3) is 4.53. The lowest BCUT2D eigenvalue weighted by Crippen LogP contribution is -2.44. The van der Waals surface area contributed by atoms with E-state index in [1.165, 1.54) is 13.3 Å². The van der Waals surface area contributed by atoms with Gasteiger partial charge in [-0.05, 0) is 18.6 Å². The molecule has 2 amide bonds. The number of ether oxygens (including phenoxy) is 1.